The third-order valence-corrected chi connectivity index (χ3v) is 6.12. The van der Waals surface area contributed by atoms with Gasteiger partial charge in [0.1, 0.15) is 22.7 Å². The Bertz CT molecular complexity index is 1270. The fourth-order valence-electron chi connectivity index (χ4n) is 3.80. The van der Waals surface area contributed by atoms with E-state index in [1.54, 1.807) is 18.5 Å². The van der Waals surface area contributed by atoms with E-state index in [0.29, 0.717) is 32.6 Å². The first-order chi connectivity index (χ1) is 15.2. The predicted octanol–water partition coefficient (Wildman–Crippen LogP) is 4.31. The highest BCUT2D eigenvalue weighted by Gasteiger charge is 2.22. The molecule has 0 atom stereocenters. The van der Waals surface area contributed by atoms with Crippen molar-refractivity contribution < 1.29 is 4.74 Å². The lowest BCUT2D eigenvalue weighted by molar-refractivity contribution is 0.284. The number of aromatic nitrogens is 5. The number of halogens is 2. The normalized spacial score (nSPS) is 15.0. The van der Waals surface area contributed by atoms with Crippen molar-refractivity contribution in [1.82, 2.24) is 30.0 Å². The number of piperazine rings is 1. The molecule has 1 aliphatic heterocycles. The Labute approximate surface area is 188 Å². The van der Waals surface area contributed by atoms with E-state index in [2.05, 4.69) is 41.5 Å². The summed E-state index contributed by atoms with van der Waals surface area (Å²) in [5.74, 6) is 1.58. The van der Waals surface area contributed by atoms with Crippen LogP contribution in [-0.2, 0) is 0 Å². The van der Waals surface area contributed by atoms with Crippen LogP contribution in [0.4, 0.5) is 5.82 Å². The van der Waals surface area contributed by atoms with Crippen molar-refractivity contribution in [3.05, 3.63) is 53.6 Å². The molecular weight excluding hydrogens is 437 g/mol. The van der Waals surface area contributed by atoms with Crippen LogP contribution in [0, 0.1) is 0 Å². The molecule has 4 heterocycles. The Kier molecular flexibility index (Phi) is 5.35. The zero-order chi connectivity index (χ0) is 21.4. The Morgan fingerprint density at radius 2 is 1.97 bits per heavy atom. The van der Waals surface area contributed by atoms with Crippen LogP contribution in [0.15, 0.2) is 43.5 Å². The van der Waals surface area contributed by atoms with E-state index < -0.39 is 0 Å². The van der Waals surface area contributed by atoms with Gasteiger partial charge >= 0.3 is 0 Å². The van der Waals surface area contributed by atoms with Crippen LogP contribution in [0.25, 0.3) is 21.8 Å². The summed E-state index contributed by atoms with van der Waals surface area (Å²) in [6.07, 6.45) is 6.79. The van der Waals surface area contributed by atoms with Crippen molar-refractivity contribution in [2.24, 2.45) is 0 Å². The number of hydrogen-bond donors (Lipinski definition) is 1. The van der Waals surface area contributed by atoms with E-state index in [1.807, 2.05) is 12.1 Å². The molecule has 0 bridgehead atoms. The first-order valence-corrected chi connectivity index (χ1v) is 10.6. The largest absolute Gasteiger partial charge is 0.435 e. The van der Waals surface area contributed by atoms with Gasteiger partial charge in [0.05, 0.1) is 22.1 Å². The molecule has 10 heteroatoms. The monoisotopic (exact) mass is 455 g/mol. The lowest BCUT2D eigenvalue weighted by Gasteiger charge is -2.35. The maximum atomic E-state index is 6.44. The van der Waals surface area contributed by atoms with Crippen LogP contribution in [0.5, 0.6) is 11.6 Å². The Morgan fingerprint density at radius 3 is 2.77 bits per heavy atom. The molecule has 0 aliphatic carbocycles. The van der Waals surface area contributed by atoms with Crippen molar-refractivity contribution in [2.45, 2.75) is 0 Å². The fourth-order valence-corrected chi connectivity index (χ4v) is 4.19. The average Bonchev–Trinajstić information content (AvgIpc) is 3.25. The SMILES string of the molecule is C=CCN1CCN(c2ncnc3c(Oc4c(Cl)c(Cl)cc5[nH]ncc45)nccc23)CC1. The van der Waals surface area contributed by atoms with Crippen LogP contribution in [-0.4, -0.2) is 62.8 Å². The lowest BCUT2D eigenvalue weighted by Crippen LogP contribution is -2.46. The first-order valence-electron chi connectivity index (χ1n) is 9.82. The number of H-pyrrole nitrogens is 1. The maximum Gasteiger partial charge on any atom is 0.246 e. The van der Waals surface area contributed by atoms with E-state index in [4.69, 9.17) is 27.9 Å². The summed E-state index contributed by atoms with van der Waals surface area (Å²) in [7, 11) is 0. The molecule has 1 saturated heterocycles. The van der Waals surface area contributed by atoms with E-state index in [0.717, 1.165) is 49.4 Å². The van der Waals surface area contributed by atoms with E-state index in [9.17, 15) is 0 Å². The van der Waals surface area contributed by atoms with E-state index >= 15 is 0 Å². The van der Waals surface area contributed by atoms with Gasteiger partial charge < -0.3 is 9.64 Å². The molecule has 3 aromatic heterocycles. The van der Waals surface area contributed by atoms with Gasteiger partial charge in [-0.3, -0.25) is 10.00 Å². The maximum absolute atomic E-state index is 6.44. The molecule has 1 aliphatic rings. The molecule has 0 saturated carbocycles. The second kappa shape index (κ2) is 8.30. The molecule has 8 nitrogen and oxygen atoms in total. The summed E-state index contributed by atoms with van der Waals surface area (Å²) < 4.78 is 6.15. The lowest BCUT2D eigenvalue weighted by atomic mass is 10.2. The van der Waals surface area contributed by atoms with Crippen LogP contribution < -0.4 is 9.64 Å². The van der Waals surface area contributed by atoms with Crippen molar-refractivity contribution in [3.8, 4) is 11.6 Å². The molecule has 0 amide bonds. The smallest absolute Gasteiger partial charge is 0.246 e. The van der Waals surface area contributed by atoms with Crippen LogP contribution >= 0.6 is 23.2 Å². The highest BCUT2D eigenvalue weighted by molar-refractivity contribution is 6.44. The Morgan fingerprint density at radius 1 is 1.13 bits per heavy atom. The number of anilines is 1. The van der Waals surface area contributed by atoms with Crippen molar-refractivity contribution in [1.29, 1.82) is 0 Å². The van der Waals surface area contributed by atoms with Gasteiger partial charge in [0.2, 0.25) is 5.88 Å². The minimum atomic E-state index is 0.294. The number of ether oxygens (including phenoxy) is 1. The van der Waals surface area contributed by atoms with Gasteiger partial charge in [-0.1, -0.05) is 29.3 Å². The van der Waals surface area contributed by atoms with E-state index in [-0.39, 0.29) is 0 Å². The fraction of sp³-hybridized carbons (Fsp3) is 0.238. The van der Waals surface area contributed by atoms with Gasteiger partial charge in [-0.2, -0.15) is 5.10 Å². The molecule has 31 heavy (non-hydrogen) atoms. The zero-order valence-corrected chi connectivity index (χ0v) is 18.1. The van der Waals surface area contributed by atoms with Gasteiger partial charge in [-0.05, 0) is 12.1 Å². The Hall–Kier alpha value is -2.94. The number of hydrogen-bond acceptors (Lipinski definition) is 7. The number of nitrogens with one attached hydrogen (secondary N) is 1. The quantitative estimate of drug-likeness (QED) is 0.448. The van der Waals surface area contributed by atoms with Crippen LogP contribution in [0.3, 0.4) is 0 Å². The minimum Gasteiger partial charge on any atom is -0.435 e. The van der Waals surface area contributed by atoms with Crippen molar-refractivity contribution in [2.75, 3.05) is 37.6 Å². The van der Waals surface area contributed by atoms with E-state index in [1.165, 1.54) is 6.33 Å². The van der Waals surface area contributed by atoms with Gasteiger partial charge in [-0.25, -0.2) is 15.0 Å². The summed E-state index contributed by atoms with van der Waals surface area (Å²) in [6, 6.07) is 3.61. The Balaban J connectivity index is 1.52. The molecule has 5 rings (SSSR count). The minimum absolute atomic E-state index is 0.294. The highest BCUT2D eigenvalue weighted by Crippen LogP contribution is 2.41. The molecular formula is C21H19Cl2N7O. The summed E-state index contributed by atoms with van der Waals surface area (Å²) in [5, 5.41) is 9.17. The summed E-state index contributed by atoms with van der Waals surface area (Å²) in [4.78, 5) is 18.0. The second-order valence-corrected chi connectivity index (χ2v) is 8.01. The predicted molar refractivity (Wildman–Crippen MR) is 122 cm³/mol. The number of benzene rings is 1. The molecule has 1 fully saturated rings. The topological polar surface area (TPSA) is 83.1 Å². The molecule has 158 valence electrons. The number of pyridine rings is 1. The molecule has 0 spiro atoms. The molecule has 1 N–H and O–H groups in total. The number of nitrogens with zero attached hydrogens (tertiary/aromatic N) is 6. The summed E-state index contributed by atoms with van der Waals surface area (Å²) in [6.45, 7) is 8.35. The second-order valence-electron chi connectivity index (χ2n) is 7.22. The zero-order valence-electron chi connectivity index (χ0n) is 16.6. The standard InChI is InChI=1S/C21H19Cl2N7O/c1-2-5-29-6-8-30(9-7-29)20-13-3-4-24-21(18(13)25-12-26-20)31-19-14-11-27-28-16(14)10-15(22)17(19)23/h2-4,10-12H,1,5-9H2,(H,27,28). The molecule has 0 radical (unpaired) electrons. The third kappa shape index (κ3) is 3.67. The van der Waals surface area contributed by atoms with Crippen LogP contribution in [0.2, 0.25) is 10.0 Å². The van der Waals surface area contributed by atoms with Gasteiger partial charge in [0.25, 0.3) is 0 Å². The summed E-state index contributed by atoms with van der Waals surface area (Å²) in [5.41, 5.74) is 1.33. The average molecular weight is 456 g/mol. The van der Waals surface area contributed by atoms with Crippen molar-refractivity contribution in [3.63, 3.8) is 0 Å². The summed E-state index contributed by atoms with van der Waals surface area (Å²) >= 11 is 12.7. The molecule has 1 aromatic carbocycles. The third-order valence-electron chi connectivity index (χ3n) is 5.35. The highest BCUT2D eigenvalue weighted by atomic mass is 35.5. The van der Waals surface area contributed by atoms with Gasteiger partial charge in [-0.15, -0.1) is 6.58 Å². The van der Waals surface area contributed by atoms with Crippen molar-refractivity contribution >= 4 is 50.8 Å². The van der Waals surface area contributed by atoms with Gasteiger partial charge in [0.15, 0.2) is 5.75 Å². The van der Waals surface area contributed by atoms with Gasteiger partial charge in [0, 0.05) is 44.3 Å². The molecule has 4 aromatic rings. The first kappa shape index (κ1) is 20.0. The van der Waals surface area contributed by atoms with Crippen LogP contribution in [0.1, 0.15) is 0 Å². The number of rotatable bonds is 5. The number of aromatic amines is 1. The number of fused-ring (bicyclic) bond motifs is 2. The molecule has 0 unspecified atom stereocenters.